The summed E-state index contributed by atoms with van der Waals surface area (Å²) in [6.45, 7) is -3.00. The first-order valence-electron chi connectivity index (χ1n) is 8.01. The van der Waals surface area contributed by atoms with Crippen molar-refractivity contribution in [2.24, 2.45) is 5.73 Å². The molecule has 76 valence electrons. The minimum Gasteiger partial charge on any atom is -0.496 e. The molecule has 0 radical (unpaired) electrons. The first kappa shape index (κ1) is 4.07. The van der Waals surface area contributed by atoms with Gasteiger partial charge in [-0.1, -0.05) is 18.2 Å². The number of nitrogens with two attached hydrogens (primary N) is 1. The molecule has 0 aliphatic rings. The molecule has 2 nitrogen and oxygen atoms in total. The van der Waals surface area contributed by atoms with E-state index in [2.05, 4.69) is 0 Å². The monoisotopic (exact) mass is 199 g/mol. The Morgan fingerprint density at radius 2 is 2.79 bits per heavy atom. The zero-order valence-electron chi connectivity index (χ0n) is 15.8. The van der Waals surface area contributed by atoms with Gasteiger partial charge in [0.05, 0.1) is 12.6 Å². The zero-order chi connectivity index (χ0) is 17.3. The third kappa shape index (κ3) is 2.60. The van der Waals surface area contributed by atoms with E-state index in [-0.39, 0.29) is 29.3 Å². The van der Waals surface area contributed by atoms with E-state index in [0.29, 0.717) is 0 Å². The third-order valence-electron chi connectivity index (χ3n) is 1.68. The van der Waals surface area contributed by atoms with Crippen LogP contribution in [0.4, 0.5) is 0 Å². The fourth-order valence-electron chi connectivity index (χ4n) is 1.06. The SMILES string of the molecule is [2H]C([2H])=C([2H])C([2H])([2H])c1cc([2H])c(CC([2H])([2H])N)cc1OC. The van der Waals surface area contributed by atoms with E-state index in [1.807, 2.05) is 0 Å². The van der Waals surface area contributed by atoms with Crippen LogP contribution in [0, 0.1) is 0 Å². The van der Waals surface area contributed by atoms with Gasteiger partial charge in [0.1, 0.15) is 5.75 Å². The van der Waals surface area contributed by atoms with Gasteiger partial charge in [0, 0.05) is 5.48 Å². The molecular formula is C12H17NO. The average Bonchev–Trinajstić information content (AvgIpc) is 2.37. The van der Waals surface area contributed by atoms with Gasteiger partial charge < -0.3 is 10.5 Å². The lowest BCUT2D eigenvalue weighted by Gasteiger charge is -2.08. The number of methoxy groups -OCH3 is 1. The molecule has 0 bridgehead atoms. The first-order valence-corrected chi connectivity index (χ1v) is 4.01. The largest absolute Gasteiger partial charge is 0.496 e. The molecule has 0 aliphatic carbocycles. The summed E-state index contributed by atoms with van der Waals surface area (Å²) in [6.07, 6.45) is -2.72. The molecule has 0 unspecified atom stereocenters. The number of allylic oxidation sites excluding steroid dienone is 1. The summed E-state index contributed by atoms with van der Waals surface area (Å²) in [6, 6.07) is 1.39. The molecule has 1 aromatic carbocycles. The molecule has 0 saturated carbocycles. The van der Waals surface area contributed by atoms with E-state index in [9.17, 15) is 0 Å². The molecule has 0 spiro atoms. The van der Waals surface area contributed by atoms with Gasteiger partial charge in [-0.25, -0.2) is 0 Å². The Balaban J connectivity index is 3.46. The van der Waals surface area contributed by atoms with Crippen molar-refractivity contribution in [1.29, 1.82) is 0 Å². The minimum absolute atomic E-state index is 0.00579. The summed E-state index contributed by atoms with van der Waals surface area (Å²) < 4.78 is 65.2. The number of hydrogen-bond donors (Lipinski definition) is 1. The lowest BCUT2D eigenvalue weighted by Crippen LogP contribution is -2.03. The van der Waals surface area contributed by atoms with Crippen LogP contribution in [0.5, 0.6) is 5.75 Å². The molecule has 0 heterocycles. The molecule has 0 saturated heterocycles. The second-order valence-corrected chi connectivity index (χ2v) is 2.57. The van der Waals surface area contributed by atoms with Crippen LogP contribution >= 0.6 is 0 Å². The van der Waals surface area contributed by atoms with Crippen LogP contribution in [0.2, 0.25) is 0 Å². The van der Waals surface area contributed by atoms with Gasteiger partial charge in [-0.2, -0.15) is 0 Å². The van der Waals surface area contributed by atoms with Crippen molar-refractivity contribution in [1.82, 2.24) is 0 Å². The van der Waals surface area contributed by atoms with Gasteiger partial charge >= 0.3 is 0 Å². The molecule has 0 amide bonds. The van der Waals surface area contributed by atoms with Crippen LogP contribution in [0.25, 0.3) is 0 Å². The van der Waals surface area contributed by atoms with Crippen molar-refractivity contribution in [3.63, 3.8) is 0 Å². The summed E-state index contributed by atoms with van der Waals surface area (Å²) >= 11 is 0. The Labute approximate surface area is 96.6 Å². The van der Waals surface area contributed by atoms with E-state index in [1.165, 1.54) is 13.2 Å². The Morgan fingerprint density at radius 3 is 3.43 bits per heavy atom. The summed E-state index contributed by atoms with van der Waals surface area (Å²) in [4.78, 5) is 0. The highest BCUT2D eigenvalue weighted by Crippen LogP contribution is 2.21. The van der Waals surface area contributed by atoms with Crippen LogP contribution in [-0.2, 0) is 12.8 Å². The van der Waals surface area contributed by atoms with E-state index in [4.69, 9.17) is 21.4 Å². The van der Waals surface area contributed by atoms with Crippen molar-refractivity contribution in [3.05, 3.63) is 41.9 Å². The highest BCUT2D eigenvalue weighted by atomic mass is 16.5. The van der Waals surface area contributed by atoms with Crippen LogP contribution in [0.15, 0.2) is 30.8 Å². The highest BCUT2D eigenvalue weighted by molar-refractivity contribution is 5.38. The Bertz CT molecular complexity index is 590. The first-order chi connectivity index (χ1) is 9.90. The Morgan fingerprint density at radius 1 is 1.93 bits per heavy atom. The molecule has 2 heteroatoms. The summed E-state index contributed by atoms with van der Waals surface area (Å²) in [5, 5.41) is 0. The van der Waals surface area contributed by atoms with Gasteiger partial charge in [-0.15, -0.1) is 6.53 Å². The number of ether oxygens (including phenoxy) is 1. The van der Waals surface area contributed by atoms with Crippen LogP contribution in [-0.4, -0.2) is 13.6 Å². The van der Waals surface area contributed by atoms with Gasteiger partial charge in [-0.05, 0) is 36.5 Å². The second-order valence-electron chi connectivity index (χ2n) is 2.57. The average molecular weight is 199 g/mol. The Hall–Kier alpha value is -1.28. The smallest absolute Gasteiger partial charge is 0.122 e. The molecule has 0 aliphatic heterocycles. The normalized spacial score (nSPS) is 19.9. The molecular weight excluding hydrogens is 174 g/mol. The van der Waals surface area contributed by atoms with E-state index >= 15 is 0 Å². The quantitative estimate of drug-likeness (QED) is 0.735. The number of hydrogen-bond acceptors (Lipinski definition) is 2. The minimum atomic E-state index is -2.47. The van der Waals surface area contributed by atoms with Crippen LogP contribution in [0.3, 0.4) is 0 Å². The number of benzene rings is 1. The predicted octanol–water partition coefficient (Wildman–Crippen LogP) is 1.92. The van der Waals surface area contributed by atoms with Crippen molar-refractivity contribution in [2.45, 2.75) is 12.8 Å². The van der Waals surface area contributed by atoms with E-state index < -0.39 is 25.5 Å². The van der Waals surface area contributed by atoms with Crippen molar-refractivity contribution in [2.75, 3.05) is 13.6 Å². The topological polar surface area (TPSA) is 35.2 Å². The van der Waals surface area contributed by atoms with Crippen molar-refractivity contribution in [3.8, 4) is 5.75 Å². The predicted molar refractivity (Wildman–Crippen MR) is 59.7 cm³/mol. The van der Waals surface area contributed by atoms with Crippen molar-refractivity contribution < 1.29 is 15.7 Å². The molecule has 1 rings (SSSR count). The lowest BCUT2D eigenvalue weighted by molar-refractivity contribution is 0.410. The maximum Gasteiger partial charge on any atom is 0.122 e. The van der Waals surface area contributed by atoms with Crippen LogP contribution in [0.1, 0.15) is 22.1 Å². The van der Waals surface area contributed by atoms with Gasteiger partial charge in [0.15, 0.2) is 0 Å². The van der Waals surface area contributed by atoms with Gasteiger partial charge in [0.25, 0.3) is 0 Å². The maximum atomic E-state index is 7.91. The second kappa shape index (κ2) is 5.45. The van der Waals surface area contributed by atoms with Crippen molar-refractivity contribution >= 4 is 0 Å². The summed E-state index contributed by atoms with van der Waals surface area (Å²) in [5.74, 6) is 0.00579. The molecule has 0 fully saturated rings. The number of rotatable bonds is 5. The van der Waals surface area contributed by atoms with Gasteiger partial charge in [0.2, 0.25) is 0 Å². The van der Waals surface area contributed by atoms with E-state index in [0.717, 1.165) is 6.07 Å². The fraction of sp³-hybridized carbons (Fsp3) is 0.333. The molecule has 1 aromatic rings. The number of aryl methyl sites for hydroxylation is 1. The third-order valence-corrected chi connectivity index (χ3v) is 1.68. The molecule has 2 N–H and O–H groups in total. The molecule has 0 aromatic heterocycles. The maximum absolute atomic E-state index is 7.91. The molecule has 14 heavy (non-hydrogen) atoms. The zero-order valence-corrected chi connectivity index (χ0v) is 7.85. The molecule has 0 atom stereocenters. The van der Waals surface area contributed by atoms with E-state index in [1.54, 1.807) is 0 Å². The van der Waals surface area contributed by atoms with Crippen LogP contribution < -0.4 is 10.5 Å². The summed E-state index contributed by atoms with van der Waals surface area (Å²) in [5.41, 5.74) is 5.36. The lowest BCUT2D eigenvalue weighted by atomic mass is 10.1. The summed E-state index contributed by atoms with van der Waals surface area (Å²) in [7, 11) is 1.27. The fourth-order valence-corrected chi connectivity index (χ4v) is 1.06. The standard InChI is InChI=1S/C12H17NO/c1-3-4-11-6-5-10(7-8-13)9-12(11)14-2/h3,5-6,9H,1,4,7-8,13H2,2H3/i1D2,3D,4D2,5D,8D2. The Kier molecular flexibility index (Phi) is 1.58. The van der Waals surface area contributed by atoms with Gasteiger partial charge in [-0.3, -0.25) is 0 Å². The highest BCUT2D eigenvalue weighted by Gasteiger charge is 2.02.